The molecular weight excluding hydrogens is 420 g/mol. The molecule has 0 amide bonds. The molecule has 0 radical (unpaired) electrons. The average molecular weight is 446 g/mol. The molecule has 0 fully saturated rings. The third kappa shape index (κ3) is 6.89. The van der Waals surface area contributed by atoms with Gasteiger partial charge in [-0.15, -0.1) is 0 Å². The van der Waals surface area contributed by atoms with Gasteiger partial charge in [-0.3, -0.25) is 19.7 Å². The van der Waals surface area contributed by atoms with E-state index in [0.29, 0.717) is 17.7 Å². The maximum atomic E-state index is 12.1. The Kier molecular flexibility index (Phi) is 8.05. The number of rotatable bonds is 9. The summed E-state index contributed by atoms with van der Waals surface area (Å²) in [4.78, 5) is 44.0. The Bertz CT molecular complexity index is 988. The van der Waals surface area contributed by atoms with Crippen molar-refractivity contribution in [1.29, 1.82) is 0 Å². The summed E-state index contributed by atoms with van der Waals surface area (Å²) in [6, 6.07) is 6.80. The lowest BCUT2D eigenvalue weighted by molar-refractivity contribution is -0.385. The van der Waals surface area contributed by atoms with Gasteiger partial charge in [-0.2, -0.15) is 4.98 Å². The van der Waals surface area contributed by atoms with E-state index in [1.165, 1.54) is 19.1 Å². The topological polar surface area (TPSA) is 134 Å². The number of carbonyl (C=O) groups excluding carboxylic acids is 2. The molecule has 0 saturated carbocycles. The normalized spacial score (nSPS) is 10.9. The Balaban J connectivity index is 2.32. The number of hydrogen-bond acceptors (Lipinski definition) is 10. The predicted molar refractivity (Wildman–Crippen MR) is 115 cm³/mol. The largest absolute Gasteiger partial charge is 0.469 e. The molecule has 11 nitrogen and oxygen atoms in total. The first-order valence-corrected chi connectivity index (χ1v) is 9.76. The van der Waals surface area contributed by atoms with Crippen LogP contribution in [0.1, 0.15) is 32.8 Å². The number of likely N-dealkylation sites (N-methyl/N-ethyl adjacent to an activating group) is 1. The van der Waals surface area contributed by atoms with E-state index in [-0.39, 0.29) is 30.6 Å². The number of carbonyl (C=O) groups is 2. The lowest BCUT2D eigenvalue weighted by Gasteiger charge is -2.23. The van der Waals surface area contributed by atoms with Gasteiger partial charge in [0.1, 0.15) is 24.2 Å². The molecule has 11 heteroatoms. The molecule has 0 spiro atoms. The Morgan fingerprint density at radius 1 is 1.16 bits per heavy atom. The zero-order valence-corrected chi connectivity index (χ0v) is 18.7. The van der Waals surface area contributed by atoms with E-state index in [2.05, 4.69) is 14.7 Å². The first-order chi connectivity index (χ1) is 15.0. The van der Waals surface area contributed by atoms with E-state index in [0.717, 1.165) is 6.33 Å². The second kappa shape index (κ2) is 10.5. The molecule has 2 rings (SSSR count). The number of hydrogen-bond donors (Lipinski definition) is 0. The van der Waals surface area contributed by atoms with Crippen molar-refractivity contribution < 1.29 is 28.7 Å². The number of methoxy groups -OCH3 is 1. The van der Waals surface area contributed by atoms with Crippen LogP contribution in [0, 0.1) is 10.1 Å². The molecule has 32 heavy (non-hydrogen) atoms. The van der Waals surface area contributed by atoms with Gasteiger partial charge in [0.25, 0.3) is 0 Å². The highest BCUT2D eigenvalue weighted by Gasteiger charge is 2.29. The molecule has 0 unspecified atom stereocenters. The number of nitrogens with zero attached hydrogens (tertiary/aromatic N) is 4. The second-order valence-electron chi connectivity index (χ2n) is 7.84. The Hall–Kier alpha value is -3.76. The van der Waals surface area contributed by atoms with Crippen LogP contribution in [0.5, 0.6) is 11.6 Å². The summed E-state index contributed by atoms with van der Waals surface area (Å²) in [6.45, 7) is 4.91. The van der Waals surface area contributed by atoms with Crippen LogP contribution in [0.25, 0.3) is 0 Å². The van der Waals surface area contributed by atoms with E-state index >= 15 is 0 Å². The minimum absolute atomic E-state index is 0.0992. The van der Waals surface area contributed by atoms with E-state index < -0.39 is 22.2 Å². The second-order valence-corrected chi connectivity index (χ2v) is 7.84. The molecule has 0 saturated heterocycles. The third-order valence-corrected chi connectivity index (χ3v) is 4.11. The maximum absolute atomic E-state index is 12.1. The van der Waals surface area contributed by atoms with Crippen LogP contribution in [0.3, 0.4) is 0 Å². The summed E-state index contributed by atoms with van der Waals surface area (Å²) < 4.78 is 15.7. The molecule has 0 aliphatic heterocycles. The standard InChI is InChI=1S/C21H26N4O7/c1-21(2,3)32-17(27)12-24(4)19-18(25(28)29)20(23-13-22-19)31-15-9-7-6-8-14(15)10-11-16(26)30-5/h6-9,13H,10-12H2,1-5H3. The molecule has 1 aromatic heterocycles. The summed E-state index contributed by atoms with van der Waals surface area (Å²) in [5.74, 6) is -1.04. The van der Waals surface area contributed by atoms with Crippen molar-refractivity contribution in [2.75, 3.05) is 25.6 Å². The lowest BCUT2D eigenvalue weighted by Crippen LogP contribution is -2.33. The van der Waals surface area contributed by atoms with Gasteiger partial charge < -0.3 is 19.1 Å². The molecule has 0 atom stereocenters. The van der Waals surface area contributed by atoms with Gasteiger partial charge in [-0.05, 0) is 38.8 Å². The minimum atomic E-state index is -0.697. The van der Waals surface area contributed by atoms with Crippen molar-refractivity contribution in [3.05, 3.63) is 46.3 Å². The Labute approximate surface area is 185 Å². The zero-order chi connectivity index (χ0) is 23.9. The van der Waals surface area contributed by atoms with Gasteiger partial charge in [0.2, 0.25) is 5.82 Å². The zero-order valence-electron chi connectivity index (χ0n) is 18.7. The SMILES string of the molecule is COC(=O)CCc1ccccc1Oc1ncnc(N(C)CC(=O)OC(C)(C)C)c1[N+](=O)[O-]. The molecule has 1 heterocycles. The molecule has 1 aromatic carbocycles. The molecule has 172 valence electrons. The smallest absolute Gasteiger partial charge is 0.373 e. The number of nitro groups is 1. The van der Waals surface area contributed by atoms with Crippen LogP contribution in [0.4, 0.5) is 11.5 Å². The molecule has 0 N–H and O–H groups in total. The molecule has 2 aromatic rings. The number of anilines is 1. The highest BCUT2D eigenvalue weighted by atomic mass is 16.6. The van der Waals surface area contributed by atoms with Crippen LogP contribution >= 0.6 is 0 Å². The molecule has 0 aliphatic rings. The van der Waals surface area contributed by atoms with Crippen LogP contribution in [-0.2, 0) is 25.5 Å². The van der Waals surface area contributed by atoms with Crippen LogP contribution in [0.2, 0.25) is 0 Å². The maximum Gasteiger partial charge on any atom is 0.373 e. The summed E-state index contributed by atoms with van der Waals surface area (Å²) in [6.07, 6.45) is 1.54. The number of aryl methyl sites for hydroxylation is 1. The van der Waals surface area contributed by atoms with Gasteiger partial charge in [0.15, 0.2) is 0 Å². The van der Waals surface area contributed by atoms with Gasteiger partial charge >= 0.3 is 23.5 Å². The highest BCUT2D eigenvalue weighted by molar-refractivity contribution is 5.77. The number of esters is 2. The number of benzene rings is 1. The van der Waals surface area contributed by atoms with Gasteiger partial charge in [-0.25, -0.2) is 4.98 Å². The number of aromatic nitrogens is 2. The first kappa shape index (κ1) is 24.5. The molecule has 0 bridgehead atoms. The van der Waals surface area contributed by atoms with E-state index in [1.807, 2.05) is 0 Å². The molecular formula is C21H26N4O7. The highest BCUT2D eigenvalue weighted by Crippen LogP contribution is 2.36. The van der Waals surface area contributed by atoms with E-state index in [4.69, 9.17) is 9.47 Å². The molecule has 0 aliphatic carbocycles. The van der Waals surface area contributed by atoms with Gasteiger partial charge in [0.05, 0.1) is 12.0 Å². The Morgan fingerprint density at radius 3 is 2.47 bits per heavy atom. The van der Waals surface area contributed by atoms with E-state index in [9.17, 15) is 19.7 Å². The summed E-state index contributed by atoms with van der Waals surface area (Å²) in [5, 5.41) is 11.8. The van der Waals surface area contributed by atoms with E-state index in [1.54, 1.807) is 45.0 Å². The van der Waals surface area contributed by atoms with Crippen LogP contribution in [-0.4, -0.2) is 53.1 Å². The van der Waals surface area contributed by atoms with Crippen molar-refractivity contribution >= 4 is 23.4 Å². The van der Waals surface area contributed by atoms with Crippen LogP contribution in [0.15, 0.2) is 30.6 Å². The lowest BCUT2D eigenvalue weighted by atomic mass is 10.1. The van der Waals surface area contributed by atoms with Crippen LogP contribution < -0.4 is 9.64 Å². The Morgan fingerprint density at radius 2 is 1.84 bits per heavy atom. The fourth-order valence-electron chi connectivity index (χ4n) is 2.76. The summed E-state index contributed by atoms with van der Waals surface area (Å²) >= 11 is 0. The van der Waals surface area contributed by atoms with Crippen molar-refractivity contribution in [3.63, 3.8) is 0 Å². The average Bonchev–Trinajstić information content (AvgIpc) is 2.71. The summed E-state index contributed by atoms with van der Waals surface area (Å²) in [7, 11) is 2.78. The predicted octanol–water partition coefficient (Wildman–Crippen LogP) is 3.06. The summed E-state index contributed by atoms with van der Waals surface area (Å²) in [5.41, 5.74) is -0.548. The third-order valence-electron chi connectivity index (χ3n) is 4.11. The van der Waals surface area contributed by atoms with Crippen molar-refractivity contribution in [2.45, 2.75) is 39.2 Å². The van der Waals surface area contributed by atoms with Crippen molar-refractivity contribution in [1.82, 2.24) is 9.97 Å². The van der Waals surface area contributed by atoms with Crippen molar-refractivity contribution in [3.8, 4) is 11.6 Å². The number of ether oxygens (including phenoxy) is 3. The first-order valence-electron chi connectivity index (χ1n) is 9.76. The minimum Gasteiger partial charge on any atom is -0.469 e. The van der Waals surface area contributed by atoms with Gasteiger partial charge in [0, 0.05) is 13.5 Å². The quantitative estimate of drug-likeness (QED) is 0.321. The van der Waals surface area contributed by atoms with Gasteiger partial charge in [-0.1, -0.05) is 18.2 Å². The fraction of sp³-hybridized carbons (Fsp3) is 0.429. The number of para-hydroxylation sites is 1. The monoisotopic (exact) mass is 446 g/mol. The van der Waals surface area contributed by atoms with Crippen molar-refractivity contribution in [2.24, 2.45) is 0 Å². The fourth-order valence-corrected chi connectivity index (χ4v) is 2.76.